The fraction of sp³-hybridized carbons (Fsp3) is 0.389. The highest BCUT2D eigenvalue weighted by atomic mass is 32.1. The second-order valence-corrected chi connectivity index (χ2v) is 7.86. The largest absolute Gasteiger partial charge is 0.469 e. The van der Waals surface area contributed by atoms with Crippen LogP contribution < -0.4 is 5.56 Å². The standard InChI is InChI=1S/C18H20N2O3S2/c1-4-13-19-17-16(15(11(2)25-17)12-7-6-10-24-12)18(22)20(13)9-5-8-14(21)23-3/h6-7,10H,4-5,8-9H2,1-3H3. The van der Waals surface area contributed by atoms with E-state index in [1.54, 1.807) is 27.2 Å². The molecule has 0 fully saturated rings. The zero-order valence-electron chi connectivity index (χ0n) is 14.5. The summed E-state index contributed by atoms with van der Waals surface area (Å²) in [5, 5.41) is 2.71. The normalized spacial score (nSPS) is 11.2. The van der Waals surface area contributed by atoms with Crippen molar-refractivity contribution in [3.63, 3.8) is 0 Å². The van der Waals surface area contributed by atoms with Crippen molar-refractivity contribution in [3.8, 4) is 10.4 Å². The summed E-state index contributed by atoms with van der Waals surface area (Å²) in [5.74, 6) is 0.507. The molecule has 0 N–H and O–H groups in total. The highest BCUT2D eigenvalue weighted by Gasteiger charge is 2.19. The maximum atomic E-state index is 13.2. The van der Waals surface area contributed by atoms with E-state index in [0.29, 0.717) is 31.2 Å². The summed E-state index contributed by atoms with van der Waals surface area (Å²) in [6.45, 7) is 4.50. The summed E-state index contributed by atoms with van der Waals surface area (Å²) in [6.07, 6.45) is 1.53. The smallest absolute Gasteiger partial charge is 0.305 e. The van der Waals surface area contributed by atoms with E-state index in [-0.39, 0.29) is 11.5 Å². The molecule has 0 aliphatic carbocycles. The summed E-state index contributed by atoms with van der Waals surface area (Å²) in [5.41, 5.74) is 0.983. The fourth-order valence-electron chi connectivity index (χ4n) is 2.94. The Morgan fingerprint density at radius 2 is 2.20 bits per heavy atom. The number of thiophene rings is 2. The molecule has 0 aliphatic rings. The number of nitrogens with zero attached hydrogens (tertiary/aromatic N) is 2. The molecular formula is C18H20N2O3S2. The van der Waals surface area contributed by atoms with Gasteiger partial charge < -0.3 is 4.74 Å². The molecule has 0 atom stereocenters. The van der Waals surface area contributed by atoms with Gasteiger partial charge in [0.25, 0.3) is 5.56 Å². The van der Waals surface area contributed by atoms with E-state index in [4.69, 9.17) is 4.98 Å². The molecule has 0 spiro atoms. The fourth-order valence-corrected chi connectivity index (χ4v) is 4.88. The van der Waals surface area contributed by atoms with Crippen LogP contribution in [-0.4, -0.2) is 22.6 Å². The number of methoxy groups -OCH3 is 1. The van der Waals surface area contributed by atoms with Gasteiger partial charge in [0.15, 0.2) is 0 Å². The minimum atomic E-state index is -0.259. The molecule has 0 bridgehead atoms. The molecule has 0 saturated heterocycles. The van der Waals surface area contributed by atoms with Crippen molar-refractivity contribution in [3.05, 3.63) is 38.6 Å². The van der Waals surface area contributed by atoms with Gasteiger partial charge >= 0.3 is 5.97 Å². The number of carbonyl (C=O) groups is 1. The zero-order valence-corrected chi connectivity index (χ0v) is 16.1. The number of esters is 1. The molecular weight excluding hydrogens is 356 g/mol. The van der Waals surface area contributed by atoms with Crippen molar-refractivity contribution in [1.82, 2.24) is 9.55 Å². The first-order chi connectivity index (χ1) is 12.1. The number of ether oxygens (including phenoxy) is 1. The van der Waals surface area contributed by atoms with Crippen LogP contribution in [-0.2, 0) is 22.5 Å². The van der Waals surface area contributed by atoms with Crippen molar-refractivity contribution in [2.45, 2.75) is 39.7 Å². The van der Waals surface area contributed by atoms with Crippen LogP contribution >= 0.6 is 22.7 Å². The van der Waals surface area contributed by atoms with Gasteiger partial charge in [-0.05, 0) is 24.8 Å². The lowest BCUT2D eigenvalue weighted by molar-refractivity contribution is -0.140. The molecule has 5 nitrogen and oxygen atoms in total. The van der Waals surface area contributed by atoms with Gasteiger partial charge in [0.2, 0.25) is 0 Å². The van der Waals surface area contributed by atoms with Gasteiger partial charge in [0, 0.05) is 34.7 Å². The quantitative estimate of drug-likeness (QED) is 0.610. The Hall–Kier alpha value is -1.99. The van der Waals surface area contributed by atoms with Gasteiger partial charge in [-0.2, -0.15) is 0 Å². The highest BCUT2D eigenvalue weighted by Crippen LogP contribution is 2.37. The van der Waals surface area contributed by atoms with Gasteiger partial charge in [-0.1, -0.05) is 13.0 Å². The Morgan fingerprint density at radius 3 is 2.84 bits per heavy atom. The Labute approximate surface area is 153 Å². The van der Waals surface area contributed by atoms with Gasteiger partial charge in [0.05, 0.1) is 12.5 Å². The molecule has 132 valence electrons. The molecule has 0 saturated carbocycles. The number of aromatic nitrogens is 2. The van der Waals surface area contributed by atoms with Crippen LogP contribution in [0.1, 0.15) is 30.5 Å². The predicted octanol–water partition coefficient (Wildman–Crippen LogP) is 4.01. The van der Waals surface area contributed by atoms with Crippen molar-refractivity contribution in [2.24, 2.45) is 0 Å². The monoisotopic (exact) mass is 376 g/mol. The molecule has 0 aromatic carbocycles. The first-order valence-electron chi connectivity index (χ1n) is 8.20. The van der Waals surface area contributed by atoms with E-state index in [1.165, 1.54) is 7.11 Å². The van der Waals surface area contributed by atoms with Gasteiger partial charge in [0.1, 0.15) is 10.7 Å². The van der Waals surface area contributed by atoms with Gasteiger partial charge in [-0.15, -0.1) is 22.7 Å². The Kier molecular flexibility index (Phi) is 5.34. The Balaban J connectivity index is 2.10. The van der Waals surface area contributed by atoms with E-state index in [9.17, 15) is 9.59 Å². The Bertz CT molecular complexity index is 955. The number of aryl methyl sites for hydroxylation is 2. The molecule has 0 radical (unpaired) electrons. The predicted molar refractivity (Wildman–Crippen MR) is 103 cm³/mol. The molecule has 0 aliphatic heterocycles. The number of fused-ring (bicyclic) bond motifs is 1. The third kappa shape index (κ3) is 3.39. The lowest BCUT2D eigenvalue weighted by Crippen LogP contribution is -2.25. The number of hydrogen-bond donors (Lipinski definition) is 0. The molecule has 25 heavy (non-hydrogen) atoms. The van der Waals surface area contributed by atoms with Crippen molar-refractivity contribution >= 4 is 38.9 Å². The summed E-state index contributed by atoms with van der Waals surface area (Å²) in [7, 11) is 1.38. The van der Waals surface area contributed by atoms with E-state index < -0.39 is 0 Å². The van der Waals surface area contributed by atoms with Crippen LogP contribution in [0.25, 0.3) is 20.7 Å². The van der Waals surface area contributed by atoms with Crippen molar-refractivity contribution in [2.75, 3.05) is 7.11 Å². The first kappa shape index (κ1) is 17.8. The number of rotatable bonds is 6. The number of carbonyl (C=O) groups excluding carboxylic acids is 1. The third-order valence-corrected chi connectivity index (χ3v) is 6.03. The summed E-state index contributed by atoms with van der Waals surface area (Å²) in [4.78, 5) is 32.3. The van der Waals surface area contributed by atoms with Crippen LogP contribution in [0.15, 0.2) is 22.3 Å². The van der Waals surface area contributed by atoms with Crippen molar-refractivity contribution < 1.29 is 9.53 Å². The molecule has 3 heterocycles. The zero-order chi connectivity index (χ0) is 18.0. The average molecular weight is 377 g/mol. The van der Waals surface area contributed by atoms with Crippen LogP contribution in [0, 0.1) is 6.92 Å². The highest BCUT2D eigenvalue weighted by molar-refractivity contribution is 7.20. The molecule has 0 amide bonds. The van der Waals surface area contributed by atoms with Crippen LogP contribution in [0.4, 0.5) is 0 Å². The van der Waals surface area contributed by atoms with E-state index in [2.05, 4.69) is 4.74 Å². The minimum Gasteiger partial charge on any atom is -0.469 e. The average Bonchev–Trinajstić information content (AvgIpc) is 3.23. The summed E-state index contributed by atoms with van der Waals surface area (Å²) < 4.78 is 6.39. The minimum absolute atomic E-state index is 0.0144. The topological polar surface area (TPSA) is 61.2 Å². The second-order valence-electron chi connectivity index (χ2n) is 5.71. The lowest BCUT2D eigenvalue weighted by atomic mass is 10.1. The van der Waals surface area contributed by atoms with E-state index in [0.717, 1.165) is 26.0 Å². The molecule has 3 aromatic heterocycles. The van der Waals surface area contributed by atoms with Gasteiger partial charge in [-0.25, -0.2) is 4.98 Å². The summed E-state index contributed by atoms with van der Waals surface area (Å²) >= 11 is 3.20. The second kappa shape index (κ2) is 7.49. The molecule has 7 heteroatoms. The molecule has 3 rings (SSSR count). The Morgan fingerprint density at radius 1 is 1.40 bits per heavy atom. The van der Waals surface area contributed by atoms with E-state index in [1.807, 2.05) is 31.4 Å². The summed E-state index contributed by atoms with van der Waals surface area (Å²) in [6, 6.07) is 4.03. The van der Waals surface area contributed by atoms with Gasteiger partial charge in [-0.3, -0.25) is 14.2 Å². The maximum Gasteiger partial charge on any atom is 0.305 e. The molecule has 0 unspecified atom stereocenters. The maximum absolute atomic E-state index is 13.2. The van der Waals surface area contributed by atoms with Crippen LogP contribution in [0.5, 0.6) is 0 Å². The lowest BCUT2D eigenvalue weighted by Gasteiger charge is -2.11. The molecule has 3 aromatic rings. The van der Waals surface area contributed by atoms with Crippen LogP contribution in [0.3, 0.4) is 0 Å². The first-order valence-corrected chi connectivity index (χ1v) is 9.90. The SMILES string of the molecule is CCc1nc2sc(C)c(-c3cccs3)c2c(=O)n1CCCC(=O)OC. The van der Waals surface area contributed by atoms with Crippen molar-refractivity contribution in [1.29, 1.82) is 0 Å². The third-order valence-electron chi connectivity index (χ3n) is 4.14. The number of hydrogen-bond acceptors (Lipinski definition) is 6. The van der Waals surface area contributed by atoms with E-state index >= 15 is 0 Å². The van der Waals surface area contributed by atoms with Crippen LogP contribution in [0.2, 0.25) is 0 Å².